The standard InChI is InChI=1S/C34H47N3O12/c1-3-24(2)31(34(46)47)35(14-16-36(18-29(38)39)27(32(42)43)22-48-20-25-10-6-4-7-11-25)15-17-37(19-30(40)41)28(33(44)45)23-49-21-26-12-8-5-9-13-26/h4-13,24,27-28,31H,3,14-23H2,1-2H3,(H,38,39)(H,40,41)(H,42,43)(H,44,45)(H,46,47). The number of carbonyl (C=O) groups is 5. The van der Waals surface area contributed by atoms with E-state index in [4.69, 9.17) is 9.47 Å². The lowest BCUT2D eigenvalue weighted by Crippen LogP contribution is -2.55. The lowest BCUT2D eigenvalue weighted by molar-refractivity contribution is -0.151. The zero-order chi connectivity index (χ0) is 36.3. The Labute approximate surface area is 285 Å². The van der Waals surface area contributed by atoms with Gasteiger partial charge in [-0.1, -0.05) is 80.9 Å². The maximum atomic E-state index is 12.5. The van der Waals surface area contributed by atoms with E-state index in [1.807, 2.05) is 12.1 Å². The number of carboxylic acid groups (broad SMARTS) is 5. The molecule has 0 heterocycles. The van der Waals surface area contributed by atoms with Gasteiger partial charge in [0.05, 0.1) is 39.5 Å². The molecule has 0 amide bonds. The van der Waals surface area contributed by atoms with E-state index in [-0.39, 0.29) is 52.6 Å². The van der Waals surface area contributed by atoms with Gasteiger partial charge in [-0.2, -0.15) is 0 Å². The Morgan fingerprint density at radius 2 is 0.959 bits per heavy atom. The molecular formula is C34H47N3O12. The summed E-state index contributed by atoms with van der Waals surface area (Å²) in [7, 11) is 0. The zero-order valence-electron chi connectivity index (χ0n) is 27.8. The Morgan fingerprint density at radius 1 is 0.592 bits per heavy atom. The molecule has 0 saturated carbocycles. The predicted molar refractivity (Wildman–Crippen MR) is 176 cm³/mol. The first-order valence-electron chi connectivity index (χ1n) is 15.9. The molecule has 15 heteroatoms. The fourth-order valence-corrected chi connectivity index (χ4v) is 5.32. The van der Waals surface area contributed by atoms with Crippen LogP contribution < -0.4 is 0 Å². The number of hydrogen-bond donors (Lipinski definition) is 5. The van der Waals surface area contributed by atoms with Crippen molar-refractivity contribution in [1.82, 2.24) is 14.7 Å². The highest BCUT2D eigenvalue weighted by Gasteiger charge is 2.35. The van der Waals surface area contributed by atoms with Crippen LogP contribution in [0, 0.1) is 5.92 Å². The molecule has 0 aromatic heterocycles. The summed E-state index contributed by atoms with van der Waals surface area (Å²) in [4.78, 5) is 64.5. The third-order valence-electron chi connectivity index (χ3n) is 8.08. The van der Waals surface area contributed by atoms with Gasteiger partial charge in [0, 0.05) is 26.2 Å². The van der Waals surface area contributed by atoms with Crippen LogP contribution in [0.3, 0.4) is 0 Å². The summed E-state index contributed by atoms with van der Waals surface area (Å²) >= 11 is 0. The van der Waals surface area contributed by atoms with E-state index in [1.165, 1.54) is 14.7 Å². The number of rotatable bonds is 26. The number of benzene rings is 2. The van der Waals surface area contributed by atoms with E-state index in [9.17, 15) is 49.5 Å². The van der Waals surface area contributed by atoms with Crippen LogP contribution in [0.15, 0.2) is 60.7 Å². The summed E-state index contributed by atoms with van der Waals surface area (Å²) in [5.41, 5.74) is 1.58. The summed E-state index contributed by atoms with van der Waals surface area (Å²) in [5, 5.41) is 49.5. The molecule has 2 rings (SSSR count). The van der Waals surface area contributed by atoms with Crippen LogP contribution in [-0.4, -0.2) is 141 Å². The van der Waals surface area contributed by atoms with Gasteiger partial charge in [0.2, 0.25) is 0 Å². The minimum Gasteiger partial charge on any atom is -0.480 e. The van der Waals surface area contributed by atoms with E-state index in [2.05, 4.69) is 0 Å². The first-order chi connectivity index (χ1) is 23.3. The molecule has 0 radical (unpaired) electrons. The van der Waals surface area contributed by atoms with Gasteiger partial charge in [0.1, 0.15) is 18.1 Å². The van der Waals surface area contributed by atoms with E-state index in [1.54, 1.807) is 62.4 Å². The Hall–Kier alpha value is -4.41. The number of ether oxygens (including phenoxy) is 2. The van der Waals surface area contributed by atoms with Crippen molar-refractivity contribution in [3.05, 3.63) is 71.8 Å². The highest BCUT2D eigenvalue weighted by molar-refractivity contribution is 5.76. The average molecular weight is 690 g/mol. The monoisotopic (exact) mass is 689 g/mol. The minimum atomic E-state index is -1.38. The molecule has 2 aromatic rings. The fraction of sp³-hybridized carbons (Fsp3) is 0.500. The third-order valence-corrected chi connectivity index (χ3v) is 8.08. The normalized spacial score (nSPS) is 14.0. The van der Waals surface area contributed by atoms with E-state index >= 15 is 0 Å². The molecule has 0 aliphatic rings. The summed E-state index contributed by atoms with van der Waals surface area (Å²) < 4.78 is 11.3. The molecule has 5 N–H and O–H groups in total. The van der Waals surface area contributed by atoms with Crippen molar-refractivity contribution in [3.63, 3.8) is 0 Å². The molecule has 0 fully saturated rings. The summed E-state index contributed by atoms with van der Waals surface area (Å²) in [6.07, 6.45) is 0.446. The van der Waals surface area contributed by atoms with Gasteiger partial charge in [-0.3, -0.25) is 38.7 Å². The SMILES string of the molecule is CCC(C)C(C(=O)O)N(CCN(CC(=O)O)C(COCc1ccccc1)C(=O)O)CCN(CC(=O)O)C(COCc1ccccc1)C(=O)O. The number of aliphatic carboxylic acids is 5. The molecule has 2 aromatic carbocycles. The van der Waals surface area contributed by atoms with Crippen molar-refractivity contribution >= 4 is 29.8 Å². The van der Waals surface area contributed by atoms with Gasteiger partial charge < -0.3 is 35.0 Å². The maximum absolute atomic E-state index is 12.5. The predicted octanol–water partition coefficient (Wildman–Crippen LogP) is 1.90. The van der Waals surface area contributed by atoms with Gasteiger partial charge in [0.15, 0.2) is 0 Å². The van der Waals surface area contributed by atoms with E-state index in [0.717, 1.165) is 11.1 Å². The van der Waals surface area contributed by atoms with Gasteiger partial charge in [0.25, 0.3) is 0 Å². The highest BCUT2D eigenvalue weighted by Crippen LogP contribution is 2.17. The van der Waals surface area contributed by atoms with Gasteiger partial charge in [-0.05, 0) is 17.0 Å². The van der Waals surface area contributed by atoms with Crippen LogP contribution in [0.5, 0.6) is 0 Å². The van der Waals surface area contributed by atoms with E-state index < -0.39 is 67.0 Å². The molecule has 270 valence electrons. The Morgan fingerprint density at radius 3 is 1.27 bits per heavy atom. The van der Waals surface area contributed by atoms with Crippen molar-refractivity contribution < 1.29 is 59.0 Å². The Kier molecular flexibility index (Phi) is 17.9. The summed E-state index contributed by atoms with van der Waals surface area (Å²) in [6, 6.07) is 14.1. The second-order valence-corrected chi connectivity index (χ2v) is 11.6. The minimum absolute atomic E-state index is 0.0893. The smallest absolute Gasteiger partial charge is 0.323 e. The topological polar surface area (TPSA) is 215 Å². The van der Waals surface area contributed by atoms with Crippen LogP contribution in [-0.2, 0) is 46.7 Å². The van der Waals surface area contributed by atoms with Gasteiger partial charge >= 0.3 is 29.8 Å². The number of hydrogen-bond acceptors (Lipinski definition) is 10. The average Bonchev–Trinajstić information content (AvgIpc) is 3.05. The van der Waals surface area contributed by atoms with E-state index in [0.29, 0.717) is 6.42 Å². The number of nitrogens with zero attached hydrogens (tertiary/aromatic N) is 3. The van der Waals surface area contributed by atoms with Crippen molar-refractivity contribution in [2.45, 2.75) is 51.6 Å². The quantitative estimate of drug-likeness (QED) is 0.0954. The van der Waals surface area contributed by atoms with Crippen molar-refractivity contribution in [3.8, 4) is 0 Å². The van der Waals surface area contributed by atoms with Crippen molar-refractivity contribution in [2.75, 3.05) is 52.5 Å². The largest absolute Gasteiger partial charge is 0.480 e. The molecule has 0 aliphatic carbocycles. The third kappa shape index (κ3) is 14.7. The molecule has 49 heavy (non-hydrogen) atoms. The molecule has 15 nitrogen and oxygen atoms in total. The zero-order valence-corrected chi connectivity index (χ0v) is 27.8. The summed E-state index contributed by atoms with van der Waals surface area (Å²) in [6.45, 7) is 1.00. The lowest BCUT2D eigenvalue weighted by Gasteiger charge is -2.37. The molecule has 4 atom stereocenters. The van der Waals surface area contributed by atoms with Crippen LogP contribution in [0.4, 0.5) is 0 Å². The van der Waals surface area contributed by atoms with Gasteiger partial charge in [-0.15, -0.1) is 0 Å². The first kappa shape index (κ1) is 40.8. The second kappa shape index (κ2) is 21.5. The van der Waals surface area contributed by atoms with Crippen LogP contribution >= 0.6 is 0 Å². The molecular weight excluding hydrogens is 642 g/mol. The first-order valence-corrected chi connectivity index (χ1v) is 15.9. The second-order valence-electron chi connectivity index (χ2n) is 11.6. The van der Waals surface area contributed by atoms with Crippen LogP contribution in [0.2, 0.25) is 0 Å². The maximum Gasteiger partial charge on any atom is 0.323 e. The number of carboxylic acids is 5. The summed E-state index contributed by atoms with van der Waals surface area (Å²) in [5.74, 6) is -6.87. The Balaban J connectivity index is 2.28. The highest BCUT2D eigenvalue weighted by atomic mass is 16.5. The van der Waals surface area contributed by atoms with Crippen LogP contribution in [0.1, 0.15) is 31.4 Å². The van der Waals surface area contributed by atoms with Crippen molar-refractivity contribution in [1.29, 1.82) is 0 Å². The fourth-order valence-electron chi connectivity index (χ4n) is 5.32. The Bertz CT molecular complexity index is 1240. The van der Waals surface area contributed by atoms with Crippen molar-refractivity contribution in [2.24, 2.45) is 5.92 Å². The van der Waals surface area contributed by atoms with Gasteiger partial charge in [-0.25, -0.2) is 0 Å². The molecule has 0 bridgehead atoms. The lowest BCUT2D eigenvalue weighted by atomic mass is 9.97. The molecule has 0 aliphatic heterocycles. The molecule has 0 spiro atoms. The van der Waals surface area contributed by atoms with Crippen LogP contribution in [0.25, 0.3) is 0 Å². The molecule has 4 unspecified atom stereocenters. The molecule has 0 saturated heterocycles.